The van der Waals surface area contributed by atoms with Gasteiger partial charge in [0.1, 0.15) is 17.9 Å². The Labute approximate surface area is 275 Å². The van der Waals surface area contributed by atoms with Crippen LogP contribution in [0, 0.1) is 10.1 Å². The molecule has 0 spiro atoms. The predicted octanol–water partition coefficient (Wildman–Crippen LogP) is 3.37. The predicted molar refractivity (Wildman–Crippen MR) is 167 cm³/mol. The molecule has 3 aliphatic heterocycles. The van der Waals surface area contributed by atoms with Gasteiger partial charge >= 0.3 is 6.18 Å². The molecule has 0 saturated carbocycles. The van der Waals surface area contributed by atoms with Crippen molar-refractivity contribution >= 4 is 49.5 Å². The maximum atomic E-state index is 14.5. The number of nitrogens with two attached hydrogens (primary N) is 1. The SMILES string of the molecule is NC(=O)c1cccc(S(=O)(=O)c2cc3c(c([N+](=O)[O-])c2)N[C@H](CN2CCOCC2)CO3)c1N1C[C@@H](C(F)(F)F)Oc2nc3[nH]ccc3cc21. The highest BCUT2D eigenvalue weighted by Gasteiger charge is 2.48. The number of nitrogens with one attached hydrogen (secondary N) is 2. The minimum absolute atomic E-state index is 0.0173. The molecule has 4 aromatic rings. The molecule has 0 radical (unpaired) electrons. The molecular weight excluding hydrogens is 675 g/mol. The lowest BCUT2D eigenvalue weighted by Crippen LogP contribution is -2.47. The fourth-order valence-corrected chi connectivity index (χ4v) is 7.68. The van der Waals surface area contributed by atoms with Crippen LogP contribution < -0.4 is 25.4 Å². The number of nitro benzene ring substituents is 1. The van der Waals surface area contributed by atoms with E-state index in [1.807, 2.05) is 0 Å². The highest BCUT2D eigenvalue weighted by Crippen LogP contribution is 2.47. The van der Waals surface area contributed by atoms with Crippen LogP contribution >= 0.6 is 0 Å². The number of nitrogens with zero attached hydrogens (tertiary/aromatic N) is 4. The van der Waals surface area contributed by atoms with Crippen LogP contribution in [0.15, 0.2) is 58.5 Å². The molecule has 0 aliphatic carbocycles. The van der Waals surface area contributed by atoms with E-state index in [4.69, 9.17) is 19.9 Å². The van der Waals surface area contributed by atoms with Gasteiger partial charge in [0.2, 0.25) is 21.8 Å². The first-order valence-corrected chi connectivity index (χ1v) is 16.5. The number of ether oxygens (including phenoxy) is 3. The number of sulfone groups is 1. The van der Waals surface area contributed by atoms with E-state index in [2.05, 4.69) is 20.2 Å². The largest absolute Gasteiger partial charge is 0.489 e. The summed E-state index contributed by atoms with van der Waals surface area (Å²) in [4.78, 5) is 33.1. The number of aromatic amines is 1. The highest BCUT2D eigenvalue weighted by atomic mass is 32.2. The fourth-order valence-electron chi connectivity index (χ4n) is 6.16. The summed E-state index contributed by atoms with van der Waals surface area (Å²) in [6, 6.07) is 8.09. The maximum Gasteiger partial charge on any atom is 0.427 e. The van der Waals surface area contributed by atoms with Crippen molar-refractivity contribution in [2.24, 2.45) is 5.73 Å². The quantitative estimate of drug-likeness (QED) is 0.188. The molecule has 0 bridgehead atoms. The molecule has 3 aliphatic rings. The molecule has 15 nitrogen and oxygen atoms in total. The molecule has 7 rings (SSSR count). The number of rotatable bonds is 7. The van der Waals surface area contributed by atoms with Crippen molar-refractivity contribution in [3.63, 3.8) is 0 Å². The van der Waals surface area contributed by atoms with Crippen LogP contribution in [-0.2, 0) is 14.6 Å². The summed E-state index contributed by atoms with van der Waals surface area (Å²) in [6.45, 7) is 2.02. The second-order valence-electron chi connectivity index (χ2n) is 11.6. The summed E-state index contributed by atoms with van der Waals surface area (Å²) < 4.78 is 87.9. The molecule has 2 aromatic heterocycles. The number of hydrogen-bond acceptors (Lipinski definition) is 12. The number of H-pyrrole nitrogens is 1. The smallest absolute Gasteiger partial charge is 0.427 e. The van der Waals surface area contributed by atoms with E-state index >= 15 is 0 Å². The standard InChI is InChI=1S/C30H28F3N7O8S/c31-30(32,33)24-14-39(21-10-16-4-5-35-28(16)37-29(21)48-24)26-19(27(34)41)2-1-3-23(26)49(44,45)18-11-20(40(42)43)25-22(12-18)47-15-17(36-25)13-38-6-8-46-9-7-38/h1-5,10-12,17,24,36H,6-9,13-15H2,(H2,34,41)(H,35,37)/t17-,24+/m1/s1. The summed E-state index contributed by atoms with van der Waals surface area (Å²) in [6.07, 6.45) is -5.90. The molecule has 2 atom stereocenters. The van der Waals surface area contributed by atoms with Crippen LogP contribution in [0.1, 0.15) is 10.4 Å². The Hall–Kier alpha value is -5.14. The van der Waals surface area contributed by atoms with Gasteiger partial charge in [0.25, 0.3) is 11.6 Å². The number of para-hydroxylation sites is 1. The zero-order chi connectivity index (χ0) is 34.7. The molecule has 0 unspecified atom stereocenters. The third kappa shape index (κ3) is 5.93. The summed E-state index contributed by atoms with van der Waals surface area (Å²) >= 11 is 0. The lowest BCUT2D eigenvalue weighted by Gasteiger charge is -2.37. The molecule has 258 valence electrons. The molecule has 1 amide bonds. The summed E-state index contributed by atoms with van der Waals surface area (Å²) in [7, 11) is -4.82. The number of nitro groups is 1. The van der Waals surface area contributed by atoms with E-state index in [1.54, 1.807) is 6.07 Å². The van der Waals surface area contributed by atoms with E-state index in [0.717, 1.165) is 23.1 Å². The Morgan fingerprint density at radius 3 is 2.65 bits per heavy atom. The van der Waals surface area contributed by atoms with Gasteiger partial charge in [0, 0.05) is 43.4 Å². The number of amides is 1. The minimum Gasteiger partial charge on any atom is -0.489 e. The number of alkyl halides is 3. The average Bonchev–Trinajstić information content (AvgIpc) is 3.53. The first kappa shape index (κ1) is 32.4. The van der Waals surface area contributed by atoms with E-state index in [0.29, 0.717) is 38.2 Å². The normalized spacial score (nSPS) is 19.7. The van der Waals surface area contributed by atoms with Crippen molar-refractivity contribution in [1.29, 1.82) is 0 Å². The van der Waals surface area contributed by atoms with Gasteiger partial charge in [-0.25, -0.2) is 8.42 Å². The highest BCUT2D eigenvalue weighted by molar-refractivity contribution is 7.91. The summed E-state index contributed by atoms with van der Waals surface area (Å²) in [5.74, 6) is -1.71. The molecule has 49 heavy (non-hydrogen) atoms. The molecule has 4 N–H and O–H groups in total. The van der Waals surface area contributed by atoms with Crippen LogP contribution in [0.4, 0.5) is 35.9 Å². The number of carbonyl (C=O) groups excluding carboxylic acids is 1. The lowest BCUT2D eigenvalue weighted by molar-refractivity contribution is -0.384. The lowest BCUT2D eigenvalue weighted by atomic mass is 10.1. The first-order chi connectivity index (χ1) is 23.3. The van der Waals surface area contributed by atoms with Crippen LogP contribution in [0.25, 0.3) is 11.0 Å². The Morgan fingerprint density at radius 1 is 1.16 bits per heavy atom. The van der Waals surface area contributed by atoms with E-state index in [-0.39, 0.29) is 35.4 Å². The summed E-state index contributed by atoms with van der Waals surface area (Å²) in [5, 5.41) is 15.8. The second-order valence-corrected chi connectivity index (χ2v) is 13.6. The number of fused-ring (bicyclic) bond motifs is 3. The Bertz CT molecular complexity index is 2090. The van der Waals surface area contributed by atoms with E-state index < -0.39 is 72.1 Å². The van der Waals surface area contributed by atoms with Gasteiger partial charge in [0.15, 0.2) is 11.4 Å². The number of halogens is 3. The number of hydrogen-bond donors (Lipinski definition) is 3. The number of aromatic nitrogens is 2. The second kappa shape index (κ2) is 12.1. The molecule has 1 fully saturated rings. The van der Waals surface area contributed by atoms with Crippen molar-refractivity contribution < 1.29 is 45.5 Å². The van der Waals surface area contributed by atoms with Crippen molar-refractivity contribution in [3.8, 4) is 11.6 Å². The van der Waals surface area contributed by atoms with Gasteiger partial charge in [-0.15, -0.1) is 0 Å². The molecule has 5 heterocycles. The number of primary amides is 1. The van der Waals surface area contributed by atoms with Gasteiger partial charge in [0.05, 0.1) is 51.8 Å². The van der Waals surface area contributed by atoms with E-state index in [1.165, 1.54) is 24.4 Å². The van der Waals surface area contributed by atoms with Crippen LogP contribution in [0.2, 0.25) is 0 Å². The van der Waals surface area contributed by atoms with Gasteiger partial charge in [-0.3, -0.25) is 19.8 Å². The monoisotopic (exact) mass is 703 g/mol. The van der Waals surface area contributed by atoms with Gasteiger partial charge in [-0.05, 0) is 24.3 Å². The van der Waals surface area contributed by atoms with Crippen molar-refractivity contribution in [1.82, 2.24) is 14.9 Å². The van der Waals surface area contributed by atoms with Crippen LogP contribution in [-0.4, -0.2) is 98.4 Å². The van der Waals surface area contributed by atoms with Crippen molar-refractivity contribution in [3.05, 3.63) is 64.3 Å². The number of anilines is 3. The van der Waals surface area contributed by atoms with Crippen molar-refractivity contribution in [2.75, 3.05) is 56.2 Å². The maximum absolute atomic E-state index is 14.5. The van der Waals surface area contributed by atoms with Crippen LogP contribution in [0.5, 0.6) is 11.6 Å². The topological polar surface area (TPSA) is 195 Å². The average molecular weight is 704 g/mol. The van der Waals surface area contributed by atoms with Crippen LogP contribution in [0.3, 0.4) is 0 Å². The number of morpholine rings is 1. The summed E-state index contributed by atoms with van der Waals surface area (Å²) in [5.41, 5.74) is 4.30. The number of benzene rings is 2. The fraction of sp³-hybridized carbons (Fsp3) is 0.333. The minimum atomic E-state index is -4.92. The molecule has 2 aromatic carbocycles. The van der Waals surface area contributed by atoms with Crippen molar-refractivity contribution in [2.45, 2.75) is 28.1 Å². The molecule has 1 saturated heterocycles. The van der Waals surface area contributed by atoms with Gasteiger partial charge < -0.3 is 35.1 Å². The Morgan fingerprint density at radius 2 is 1.94 bits per heavy atom. The van der Waals surface area contributed by atoms with Gasteiger partial charge in [-0.2, -0.15) is 18.2 Å². The zero-order valence-electron chi connectivity index (χ0n) is 25.4. The molecule has 19 heteroatoms. The Balaban J connectivity index is 1.35. The number of carbonyl (C=O) groups is 1. The Kier molecular flexibility index (Phi) is 7.99. The number of pyridine rings is 1. The first-order valence-electron chi connectivity index (χ1n) is 15.0. The molecular formula is C30H28F3N7O8S. The zero-order valence-corrected chi connectivity index (χ0v) is 26.2. The van der Waals surface area contributed by atoms with Gasteiger partial charge in [-0.1, -0.05) is 6.07 Å². The third-order valence-corrected chi connectivity index (χ3v) is 10.3. The van der Waals surface area contributed by atoms with E-state index in [9.17, 15) is 36.5 Å². The third-order valence-electron chi connectivity index (χ3n) is 8.50.